The van der Waals surface area contributed by atoms with Crippen LogP contribution in [0.1, 0.15) is 13.3 Å². The normalized spacial score (nSPS) is 11.7. The van der Waals surface area contributed by atoms with Crippen molar-refractivity contribution >= 4 is 44.9 Å². The highest BCUT2D eigenvalue weighted by Crippen LogP contribution is 2.32. The lowest BCUT2D eigenvalue weighted by Crippen LogP contribution is -2.30. The smallest absolute Gasteiger partial charge is 0.307 e. The second-order valence-electron chi connectivity index (χ2n) is 4.19. The summed E-state index contributed by atoms with van der Waals surface area (Å²) in [6.45, 7) is 1.87. The predicted octanol–water partition coefficient (Wildman–Crippen LogP) is 2.15. The van der Waals surface area contributed by atoms with Gasteiger partial charge in [-0.15, -0.1) is 0 Å². The van der Waals surface area contributed by atoms with Gasteiger partial charge in [0.2, 0.25) is 10.0 Å². The molecule has 0 unspecified atom stereocenters. The van der Waals surface area contributed by atoms with E-state index in [1.807, 2.05) is 0 Å². The van der Waals surface area contributed by atoms with Crippen molar-refractivity contribution in [2.24, 2.45) is 0 Å². The number of carbonyl (C=O) groups is 1. The number of rotatable bonds is 6. The first-order valence-corrected chi connectivity index (χ1v) is 8.26. The number of hydrogen-bond donors (Lipinski definition) is 1. The van der Waals surface area contributed by atoms with Crippen molar-refractivity contribution in [3.05, 3.63) is 22.2 Å². The van der Waals surface area contributed by atoms with Gasteiger partial charge in [0.1, 0.15) is 4.90 Å². The average Bonchev–Trinajstić information content (AvgIpc) is 2.34. The largest absolute Gasteiger partial charge is 0.466 e. The van der Waals surface area contributed by atoms with Crippen LogP contribution in [0.5, 0.6) is 0 Å². The van der Waals surface area contributed by atoms with E-state index in [0.29, 0.717) is 0 Å². The fraction of sp³-hybridized carbons (Fsp3) is 0.417. The third-order valence-corrected chi connectivity index (χ3v) is 5.24. The van der Waals surface area contributed by atoms with Gasteiger partial charge in [-0.05, 0) is 19.1 Å². The summed E-state index contributed by atoms with van der Waals surface area (Å²) in [6.07, 6.45) is -0.0608. The molecule has 0 saturated carbocycles. The molecule has 1 aromatic carbocycles. The molecular weight excluding hydrogens is 339 g/mol. The molecule has 9 heteroatoms. The molecule has 2 N–H and O–H groups in total. The lowest BCUT2D eigenvalue weighted by Gasteiger charge is -2.19. The molecule has 0 aliphatic heterocycles. The molecule has 0 fully saturated rings. The molecule has 0 saturated heterocycles. The van der Waals surface area contributed by atoms with E-state index in [2.05, 4.69) is 0 Å². The van der Waals surface area contributed by atoms with Crippen LogP contribution in [-0.4, -0.2) is 38.9 Å². The van der Waals surface area contributed by atoms with Crippen molar-refractivity contribution in [1.29, 1.82) is 0 Å². The Bertz CT molecular complexity index is 611. The lowest BCUT2D eigenvalue weighted by molar-refractivity contribution is -0.143. The highest BCUT2D eigenvalue weighted by Gasteiger charge is 2.27. The molecule has 118 valence electrons. The Morgan fingerprint density at radius 2 is 2.00 bits per heavy atom. The molecule has 0 aliphatic carbocycles. The van der Waals surface area contributed by atoms with Gasteiger partial charge >= 0.3 is 5.97 Å². The Hall–Kier alpha value is -1.02. The van der Waals surface area contributed by atoms with Crippen LogP contribution < -0.4 is 5.73 Å². The number of nitrogen functional groups attached to an aromatic ring is 1. The summed E-state index contributed by atoms with van der Waals surface area (Å²) in [7, 11) is -2.59. The van der Waals surface area contributed by atoms with Crippen LogP contribution in [0.4, 0.5) is 5.69 Å². The number of ether oxygens (including phenoxy) is 1. The van der Waals surface area contributed by atoms with Gasteiger partial charge in [0, 0.05) is 18.6 Å². The number of sulfonamides is 1. The SMILES string of the molecule is CCOC(=O)CCN(C)S(=O)(=O)c1c(N)cc(Cl)cc1Cl. The molecule has 0 atom stereocenters. The molecule has 0 radical (unpaired) electrons. The van der Waals surface area contributed by atoms with Gasteiger partial charge < -0.3 is 10.5 Å². The minimum Gasteiger partial charge on any atom is -0.466 e. The highest BCUT2D eigenvalue weighted by atomic mass is 35.5. The maximum atomic E-state index is 12.4. The van der Waals surface area contributed by atoms with E-state index >= 15 is 0 Å². The zero-order chi connectivity index (χ0) is 16.2. The maximum absolute atomic E-state index is 12.4. The number of hydrogen-bond acceptors (Lipinski definition) is 5. The third kappa shape index (κ3) is 4.47. The summed E-state index contributed by atoms with van der Waals surface area (Å²) in [5, 5.41) is 0.175. The highest BCUT2D eigenvalue weighted by molar-refractivity contribution is 7.89. The second kappa shape index (κ2) is 7.31. The number of esters is 1. The first-order chi connectivity index (χ1) is 9.70. The van der Waals surface area contributed by atoms with E-state index in [-0.39, 0.29) is 40.2 Å². The van der Waals surface area contributed by atoms with Gasteiger partial charge in [-0.1, -0.05) is 23.2 Å². The molecule has 0 aliphatic rings. The molecule has 6 nitrogen and oxygen atoms in total. The first kappa shape index (κ1) is 18.0. The van der Waals surface area contributed by atoms with Gasteiger partial charge in [0.25, 0.3) is 0 Å². The fourth-order valence-electron chi connectivity index (χ4n) is 1.61. The van der Waals surface area contributed by atoms with Crippen LogP contribution in [0, 0.1) is 0 Å². The second-order valence-corrected chi connectivity index (χ2v) is 7.01. The Labute approximate surface area is 133 Å². The Kier molecular flexibility index (Phi) is 6.27. The molecule has 0 spiro atoms. The van der Waals surface area contributed by atoms with Gasteiger partial charge in [-0.25, -0.2) is 12.7 Å². The average molecular weight is 355 g/mol. The molecule has 1 rings (SSSR count). The zero-order valence-corrected chi connectivity index (χ0v) is 13.9. The van der Waals surface area contributed by atoms with Crippen LogP contribution in [0.25, 0.3) is 0 Å². The third-order valence-electron chi connectivity index (χ3n) is 2.64. The monoisotopic (exact) mass is 354 g/mol. The summed E-state index contributed by atoms with van der Waals surface area (Å²) in [5.74, 6) is -0.477. The molecule has 0 heterocycles. The van der Waals surface area contributed by atoms with Crippen LogP contribution in [0.3, 0.4) is 0 Å². The number of nitrogens with zero attached hydrogens (tertiary/aromatic N) is 1. The number of halogens is 2. The molecule has 0 bridgehead atoms. The maximum Gasteiger partial charge on any atom is 0.307 e. The van der Waals surface area contributed by atoms with Gasteiger partial charge in [-0.2, -0.15) is 0 Å². The van der Waals surface area contributed by atoms with E-state index in [0.717, 1.165) is 4.31 Å². The zero-order valence-electron chi connectivity index (χ0n) is 11.6. The standard InChI is InChI=1S/C12H16Cl2N2O4S/c1-3-20-11(17)4-5-16(2)21(18,19)12-9(14)6-8(13)7-10(12)15/h6-7H,3-5,15H2,1-2H3. The summed E-state index contributed by atoms with van der Waals surface area (Å²) in [4.78, 5) is 11.1. The van der Waals surface area contributed by atoms with Crippen LogP contribution in [0.2, 0.25) is 10.0 Å². The lowest BCUT2D eigenvalue weighted by atomic mass is 10.3. The van der Waals surface area contributed by atoms with E-state index in [9.17, 15) is 13.2 Å². The predicted molar refractivity (Wildman–Crippen MR) is 81.9 cm³/mol. The van der Waals surface area contributed by atoms with Crippen LogP contribution in [-0.2, 0) is 19.6 Å². The van der Waals surface area contributed by atoms with Crippen molar-refractivity contribution in [2.45, 2.75) is 18.2 Å². The van der Waals surface area contributed by atoms with Crippen LogP contribution in [0.15, 0.2) is 17.0 Å². The molecular formula is C12H16Cl2N2O4S. The van der Waals surface area contributed by atoms with E-state index in [1.165, 1.54) is 19.2 Å². The quantitative estimate of drug-likeness (QED) is 0.624. The first-order valence-electron chi connectivity index (χ1n) is 6.06. The van der Waals surface area contributed by atoms with Gasteiger partial charge in [-0.3, -0.25) is 4.79 Å². The fourth-order valence-corrected chi connectivity index (χ4v) is 3.72. The van der Waals surface area contributed by atoms with Crippen molar-refractivity contribution < 1.29 is 17.9 Å². The van der Waals surface area contributed by atoms with Gasteiger partial charge in [0.05, 0.1) is 23.7 Å². The van der Waals surface area contributed by atoms with Gasteiger partial charge in [0.15, 0.2) is 0 Å². The van der Waals surface area contributed by atoms with Crippen LogP contribution >= 0.6 is 23.2 Å². The summed E-state index contributed by atoms with van der Waals surface area (Å²) < 4.78 is 30.6. The Balaban J connectivity index is 2.98. The van der Waals surface area contributed by atoms with Crippen molar-refractivity contribution in [2.75, 3.05) is 25.9 Å². The molecule has 21 heavy (non-hydrogen) atoms. The summed E-state index contributed by atoms with van der Waals surface area (Å²) >= 11 is 11.7. The Morgan fingerprint density at radius 3 is 2.52 bits per heavy atom. The van der Waals surface area contributed by atoms with Crippen molar-refractivity contribution in [3.8, 4) is 0 Å². The molecule has 1 aromatic rings. The van der Waals surface area contributed by atoms with E-state index in [1.54, 1.807) is 6.92 Å². The van der Waals surface area contributed by atoms with E-state index < -0.39 is 16.0 Å². The molecule has 0 aromatic heterocycles. The minimum absolute atomic E-state index is 0.0421. The number of nitrogens with two attached hydrogens (primary N) is 1. The number of anilines is 1. The topological polar surface area (TPSA) is 89.7 Å². The number of benzene rings is 1. The van der Waals surface area contributed by atoms with E-state index in [4.69, 9.17) is 33.7 Å². The Morgan fingerprint density at radius 1 is 1.38 bits per heavy atom. The minimum atomic E-state index is -3.92. The summed E-state index contributed by atoms with van der Waals surface area (Å²) in [5.41, 5.74) is 5.64. The van der Waals surface area contributed by atoms with Crippen molar-refractivity contribution in [3.63, 3.8) is 0 Å². The summed E-state index contributed by atoms with van der Waals surface area (Å²) in [6, 6.07) is 2.60. The van der Waals surface area contributed by atoms with Crippen molar-refractivity contribution in [1.82, 2.24) is 4.31 Å². The number of carbonyl (C=O) groups excluding carboxylic acids is 1. The molecule has 0 amide bonds.